The summed E-state index contributed by atoms with van der Waals surface area (Å²) in [6.45, 7) is 5.21. The first kappa shape index (κ1) is 10.9. The van der Waals surface area contributed by atoms with Crippen LogP contribution in [0.4, 0.5) is 0 Å². The molecule has 0 unspecified atom stereocenters. The summed E-state index contributed by atoms with van der Waals surface area (Å²) in [4.78, 5) is 14.4. The average molecular weight is 210 g/mol. The molecule has 1 atom stereocenters. The highest BCUT2D eigenvalue weighted by Crippen LogP contribution is 2.22. The Morgan fingerprint density at radius 2 is 1.93 bits per heavy atom. The van der Waals surface area contributed by atoms with Crippen LogP contribution in [0.5, 0.6) is 0 Å². The predicted molar refractivity (Wildman–Crippen MR) is 60.6 cm³/mol. The molecule has 0 bridgehead atoms. The molecule has 0 radical (unpaired) electrons. The lowest BCUT2D eigenvalue weighted by Gasteiger charge is -2.37. The minimum Gasteiger partial charge on any atom is -0.340 e. The molecule has 2 aliphatic heterocycles. The Hall–Kier alpha value is -0.570. The third kappa shape index (κ3) is 2.51. The maximum absolute atomic E-state index is 12.3. The Morgan fingerprint density at radius 1 is 1.20 bits per heavy atom. The number of nitrogens with zero attached hydrogens (tertiary/aromatic N) is 1. The topological polar surface area (TPSA) is 32.3 Å². The zero-order valence-corrected chi connectivity index (χ0v) is 9.67. The number of carbonyl (C=O) groups excluding carboxylic acids is 1. The quantitative estimate of drug-likeness (QED) is 0.709. The van der Waals surface area contributed by atoms with Gasteiger partial charge in [0.15, 0.2) is 0 Å². The van der Waals surface area contributed by atoms with Gasteiger partial charge in [-0.2, -0.15) is 0 Å². The normalized spacial score (nSPS) is 29.1. The number of piperidine rings is 2. The molecule has 0 aromatic carbocycles. The minimum absolute atomic E-state index is 0.298. The van der Waals surface area contributed by atoms with Gasteiger partial charge in [0.05, 0.1) is 0 Å². The maximum Gasteiger partial charge on any atom is 0.226 e. The first-order valence-corrected chi connectivity index (χ1v) is 6.30. The van der Waals surface area contributed by atoms with E-state index < -0.39 is 0 Å². The summed E-state index contributed by atoms with van der Waals surface area (Å²) in [5.41, 5.74) is 0. The summed E-state index contributed by atoms with van der Waals surface area (Å²) in [5.74, 6) is 0.718. The number of carbonyl (C=O) groups is 1. The number of nitrogens with one attached hydrogen (secondary N) is 1. The lowest BCUT2D eigenvalue weighted by atomic mass is 9.94. The van der Waals surface area contributed by atoms with Crippen LogP contribution in [0.1, 0.15) is 39.0 Å². The number of likely N-dealkylation sites (tertiary alicyclic amines) is 1. The number of rotatable bonds is 1. The number of hydrogen-bond acceptors (Lipinski definition) is 2. The molecule has 3 nitrogen and oxygen atoms in total. The summed E-state index contributed by atoms with van der Waals surface area (Å²) >= 11 is 0. The van der Waals surface area contributed by atoms with E-state index in [2.05, 4.69) is 17.1 Å². The van der Waals surface area contributed by atoms with Gasteiger partial charge in [-0.25, -0.2) is 0 Å². The van der Waals surface area contributed by atoms with E-state index in [4.69, 9.17) is 0 Å². The molecule has 0 aliphatic carbocycles. The number of amides is 1. The van der Waals surface area contributed by atoms with Crippen LogP contribution >= 0.6 is 0 Å². The van der Waals surface area contributed by atoms with Gasteiger partial charge in [-0.1, -0.05) is 0 Å². The Balaban J connectivity index is 1.92. The molecule has 2 fully saturated rings. The molecule has 0 aromatic heterocycles. The van der Waals surface area contributed by atoms with Crippen molar-refractivity contribution >= 4 is 5.91 Å². The molecule has 2 heterocycles. The van der Waals surface area contributed by atoms with Crippen molar-refractivity contribution in [2.45, 2.75) is 45.1 Å². The van der Waals surface area contributed by atoms with Crippen LogP contribution in [0.3, 0.4) is 0 Å². The van der Waals surface area contributed by atoms with E-state index >= 15 is 0 Å². The van der Waals surface area contributed by atoms with E-state index in [1.54, 1.807) is 0 Å². The second-order valence-corrected chi connectivity index (χ2v) is 4.90. The standard InChI is InChI=1S/C12H22N2O/c1-10-4-2-3-9-14(10)12(15)11-5-7-13-8-6-11/h10-11,13H,2-9H2,1H3/t10-/m1/s1. The van der Waals surface area contributed by atoms with Crippen LogP contribution < -0.4 is 5.32 Å². The molecule has 0 aromatic rings. The molecular weight excluding hydrogens is 188 g/mol. The Labute approximate surface area is 92.2 Å². The van der Waals surface area contributed by atoms with Crippen molar-refractivity contribution in [3.05, 3.63) is 0 Å². The van der Waals surface area contributed by atoms with Crippen LogP contribution in [0.15, 0.2) is 0 Å². The fourth-order valence-electron chi connectivity index (χ4n) is 2.73. The van der Waals surface area contributed by atoms with Gasteiger partial charge in [-0.15, -0.1) is 0 Å². The smallest absolute Gasteiger partial charge is 0.226 e. The van der Waals surface area contributed by atoms with Gasteiger partial charge in [0.2, 0.25) is 5.91 Å². The van der Waals surface area contributed by atoms with Crippen molar-refractivity contribution in [1.82, 2.24) is 10.2 Å². The third-order valence-electron chi connectivity index (χ3n) is 3.77. The Bertz CT molecular complexity index is 224. The van der Waals surface area contributed by atoms with Crippen LogP contribution in [-0.2, 0) is 4.79 Å². The zero-order chi connectivity index (χ0) is 10.7. The molecule has 2 aliphatic rings. The van der Waals surface area contributed by atoms with Gasteiger partial charge in [-0.3, -0.25) is 4.79 Å². The highest BCUT2D eigenvalue weighted by molar-refractivity contribution is 5.79. The summed E-state index contributed by atoms with van der Waals surface area (Å²) < 4.78 is 0. The second kappa shape index (κ2) is 4.97. The summed E-state index contributed by atoms with van der Waals surface area (Å²) in [7, 11) is 0. The molecule has 3 heteroatoms. The zero-order valence-electron chi connectivity index (χ0n) is 9.67. The molecule has 2 saturated heterocycles. The third-order valence-corrected chi connectivity index (χ3v) is 3.77. The van der Waals surface area contributed by atoms with Gasteiger partial charge in [-0.05, 0) is 52.1 Å². The summed E-state index contributed by atoms with van der Waals surface area (Å²) in [5, 5.41) is 3.31. The van der Waals surface area contributed by atoms with E-state index in [-0.39, 0.29) is 0 Å². The van der Waals surface area contributed by atoms with Gasteiger partial charge in [0.1, 0.15) is 0 Å². The molecule has 2 rings (SSSR count). The Morgan fingerprint density at radius 3 is 2.60 bits per heavy atom. The lowest BCUT2D eigenvalue weighted by molar-refractivity contribution is -0.139. The minimum atomic E-state index is 0.298. The monoisotopic (exact) mass is 210 g/mol. The fraction of sp³-hybridized carbons (Fsp3) is 0.917. The van der Waals surface area contributed by atoms with Crippen molar-refractivity contribution in [1.29, 1.82) is 0 Å². The van der Waals surface area contributed by atoms with E-state index in [1.165, 1.54) is 19.3 Å². The van der Waals surface area contributed by atoms with Crippen LogP contribution in [0.2, 0.25) is 0 Å². The van der Waals surface area contributed by atoms with Crippen molar-refractivity contribution in [3.8, 4) is 0 Å². The van der Waals surface area contributed by atoms with E-state index in [0.717, 1.165) is 32.5 Å². The van der Waals surface area contributed by atoms with Crippen molar-refractivity contribution in [2.24, 2.45) is 5.92 Å². The highest BCUT2D eigenvalue weighted by Gasteiger charge is 2.29. The highest BCUT2D eigenvalue weighted by atomic mass is 16.2. The molecule has 0 saturated carbocycles. The van der Waals surface area contributed by atoms with Crippen molar-refractivity contribution < 1.29 is 4.79 Å². The molecule has 15 heavy (non-hydrogen) atoms. The first-order chi connectivity index (χ1) is 7.29. The van der Waals surface area contributed by atoms with Crippen LogP contribution in [0.25, 0.3) is 0 Å². The van der Waals surface area contributed by atoms with E-state index in [1.807, 2.05) is 0 Å². The van der Waals surface area contributed by atoms with E-state index in [0.29, 0.717) is 17.9 Å². The van der Waals surface area contributed by atoms with Crippen LogP contribution in [0, 0.1) is 5.92 Å². The molecule has 0 spiro atoms. The molecule has 86 valence electrons. The molecule has 1 amide bonds. The van der Waals surface area contributed by atoms with Gasteiger partial charge < -0.3 is 10.2 Å². The van der Waals surface area contributed by atoms with Gasteiger partial charge >= 0.3 is 0 Å². The lowest BCUT2D eigenvalue weighted by Crippen LogP contribution is -2.47. The molecular formula is C12H22N2O. The second-order valence-electron chi connectivity index (χ2n) is 4.90. The van der Waals surface area contributed by atoms with Gasteiger partial charge in [0.25, 0.3) is 0 Å². The number of hydrogen-bond donors (Lipinski definition) is 1. The summed E-state index contributed by atoms with van der Waals surface area (Å²) in [6, 6.07) is 0.473. The Kier molecular flexibility index (Phi) is 3.62. The SMILES string of the molecule is C[C@@H]1CCCCN1C(=O)C1CCNCC1. The molecule has 1 N–H and O–H groups in total. The maximum atomic E-state index is 12.3. The van der Waals surface area contributed by atoms with E-state index in [9.17, 15) is 4.79 Å². The van der Waals surface area contributed by atoms with Crippen LogP contribution in [-0.4, -0.2) is 36.5 Å². The fourth-order valence-corrected chi connectivity index (χ4v) is 2.73. The van der Waals surface area contributed by atoms with Gasteiger partial charge in [0, 0.05) is 18.5 Å². The predicted octanol–water partition coefficient (Wildman–Crippen LogP) is 1.39. The summed E-state index contributed by atoms with van der Waals surface area (Å²) in [6.07, 6.45) is 5.74. The first-order valence-electron chi connectivity index (χ1n) is 6.30. The van der Waals surface area contributed by atoms with Crippen molar-refractivity contribution in [3.63, 3.8) is 0 Å². The largest absolute Gasteiger partial charge is 0.340 e. The average Bonchev–Trinajstić information content (AvgIpc) is 2.30. The van der Waals surface area contributed by atoms with Crippen molar-refractivity contribution in [2.75, 3.05) is 19.6 Å².